The van der Waals surface area contributed by atoms with Crippen LogP contribution in [-0.4, -0.2) is 37.7 Å². The molecule has 0 aliphatic rings. The van der Waals surface area contributed by atoms with Gasteiger partial charge < -0.3 is 11.1 Å². The fraction of sp³-hybridized carbons (Fsp3) is 0.750. The molecule has 1 atom stereocenters. The first-order chi connectivity index (χ1) is 4.87. The van der Waals surface area contributed by atoms with Gasteiger partial charge in [-0.1, -0.05) is 0 Å². The van der Waals surface area contributed by atoms with Crippen molar-refractivity contribution >= 4 is 16.0 Å². The maximum Gasteiger partial charge on any atom is 0.266 e. The Kier molecular flexibility index (Phi) is 3.43. The van der Waals surface area contributed by atoms with Crippen molar-refractivity contribution in [2.75, 3.05) is 12.8 Å². The Morgan fingerprint density at radius 2 is 2.18 bits per heavy atom. The molecule has 0 aliphatic carbocycles. The lowest BCUT2D eigenvalue weighted by Gasteiger charge is -2.08. The number of nitrogens with one attached hydrogen (secondary N) is 1. The van der Waals surface area contributed by atoms with E-state index in [-0.39, 0.29) is 0 Å². The Morgan fingerprint density at radius 1 is 1.73 bits per heavy atom. The van der Waals surface area contributed by atoms with Gasteiger partial charge in [-0.3, -0.25) is 9.35 Å². The van der Waals surface area contributed by atoms with Crippen LogP contribution in [0.25, 0.3) is 0 Å². The van der Waals surface area contributed by atoms with Crippen LogP contribution in [0.4, 0.5) is 0 Å². The largest absolute Gasteiger partial charge is 0.368 e. The van der Waals surface area contributed by atoms with Crippen molar-refractivity contribution in [1.29, 1.82) is 0 Å². The van der Waals surface area contributed by atoms with Crippen LogP contribution in [0.2, 0.25) is 0 Å². The van der Waals surface area contributed by atoms with Crippen LogP contribution in [0.3, 0.4) is 0 Å². The molecule has 0 spiro atoms. The highest BCUT2D eigenvalue weighted by atomic mass is 32.2. The zero-order chi connectivity index (χ0) is 9.07. The number of likely N-dealkylation sites (N-methyl/N-ethyl adjacent to an activating group) is 1. The van der Waals surface area contributed by atoms with Gasteiger partial charge in [-0.2, -0.15) is 8.42 Å². The summed E-state index contributed by atoms with van der Waals surface area (Å²) in [5.41, 5.74) is 4.78. The minimum atomic E-state index is -4.14. The van der Waals surface area contributed by atoms with Gasteiger partial charge in [0, 0.05) is 0 Å². The molecular formula is C4H10N2O4S. The SMILES string of the molecule is CNC(CS(=O)(=O)O)C(N)=O. The van der Waals surface area contributed by atoms with Crippen LogP contribution < -0.4 is 11.1 Å². The molecule has 0 heterocycles. The third-order valence-electron chi connectivity index (χ3n) is 1.07. The summed E-state index contributed by atoms with van der Waals surface area (Å²) in [6, 6.07) is -1.04. The lowest BCUT2D eigenvalue weighted by atomic mass is 10.3. The molecule has 0 aliphatic heterocycles. The van der Waals surface area contributed by atoms with Crippen LogP contribution >= 0.6 is 0 Å². The van der Waals surface area contributed by atoms with Crippen molar-refractivity contribution in [2.24, 2.45) is 5.73 Å². The van der Waals surface area contributed by atoms with Gasteiger partial charge in [0.05, 0.1) is 5.75 Å². The van der Waals surface area contributed by atoms with Crippen LogP contribution in [0.5, 0.6) is 0 Å². The Labute approximate surface area is 64.5 Å². The Bertz CT molecular complexity index is 234. The summed E-state index contributed by atoms with van der Waals surface area (Å²) >= 11 is 0. The van der Waals surface area contributed by atoms with Crippen molar-refractivity contribution < 1.29 is 17.8 Å². The molecular weight excluding hydrogens is 172 g/mol. The van der Waals surface area contributed by atoms with Gasteiger partial charge in [-0.25, -0.2) is 0 Å². The van der Waals surface area contributed by atoms with Gasteiger partial charge in [0.15, 0.2) is 0 Å². The van der Waals surface area contributed by atoms with Crippen molar-refractivity contribution in [2.45, 2.75) is 6.04 Å². The minimum Gasteiger partial charge on any atom is -0.368 e. The molecule has 0 radical (unpaired) electrons. The van der Waals surface area contributed by atoms with Crippen molar-refractivity contribution in [3.05, 3.63) is 0 Å². The molecule has 4 N–H and O–H groups in total. The summed E-state index contributed by atoms with van der Waals surface area (Å²) in [4.78, 5) is 10.4. The summed E-state index contributed by atoms with van der Waals surface area (Å²) in [7, 11) is -2.77. The summed E-state index contributed by atoms with van der Waals surface area (Å²) in [5.74, 6) is -1.51. The molecule has 6 nitrogen and oxygen atoms in total. The van der Waals surface area contributed by atoms with Crippen molar-refractivity contribution in [1.82, 2.24) is 5.32 Å². The van der Waals surface area contributed by atoms with Crippen LogP contribution in [0.15, 0.2) is 0 Å². The molecule has 0 rings (SSSR count). The van der Waals surface area contributed by atoms with E-state index in [0.29, 0.717) is 0 Å². The lowest BCUT2D eigenvalue weighted by Crippen LogP contribution is -2.44. The van der Waals surface area contributed by atoms with Gasteiger partial charge in [-0.15, -0.1) is 0 Å². The van der Waals surface area contributed by atoms with Crippen LogP contribution in [0, 0.1) is 0 Å². The molecule has 66 valence electrons. The van der Waals surface area contributed by atoms with Crippen LogP contribution in [0.1, 0.15) is 0 Å². The summed E-state index contributed by atoms with van der Waals surface area (Å²) in [6.07, 6.45) is 0. The second kappa shape index (κ2) is 3.65. The van der Waals surface area contributed by atoms with E-state index in [1.165, 1.54) is 7.05 Å². The molecule has 0 saturated carbocycles. The highest BCUT2D eigenvalue weighted by molar-refractivity contribution is 7.85. The first-order valence-corrected chi connectivity index (χ1v) is 4.39. The van der Waals surface area contributed by atoms with E-state index in [2.05, 4.69) is 5.32 Å². The average Bonchev–Trinajstić information content (AvgIpc) is 1.80. The quantitative estimate of drug-likeness (QED) is 0.433. The lowest BCUT2D eigenvalue weighted by molar-refractivity contribution is -0.119. The molecule has 0 aromatic carbocycles. The zero-order valence-electron chi connectivity index (χ0n) is 5.94. The fourth-order valence-electron chi connectivity index (χ4n) is 0.518. The first-order valence-electron chi connectivity index (χ1n) is 2.78. The molecule has 1 unspecified atom stereocenters. The first kappa shape index (κ1) is 10.3. The Balaban J connectivity index is 4.22. The zero-order valence-corrected chi connectivity index (χ0v) is 6.76. The third-order valence-corrected chi connectivity index (χ3v) is 1.82. The number of nitrogens with two attached hydrogens (primary N) is 1. The second-order valence-corrected chi connectivity index (χ2v) is 3.49. The van der Waals surface area contributed by atoms with E-state index in [4.69, 9.17) is 10.3 Å². The summed E-state index contributed by atoms with van der Waals surface area (Å²) in [5, 5.41) is 2.34. The van der Waals surface area contributed by atoms with Crippen molar-refractivity contribution in [3.63, 3.8) is 0 Å². The third kappa shape index (κ3) is 4.71. The van der Waals surface area contributed by atoms with E-state index < -0.39 is 27.8 Å². The van der Waals surface area contributed by atoms with Crippen molar-refractivity contribution in [3.8, 4) is 0 Å². The Morgan fingerprint density at radius 3 is 2.27 bits per heavy atom. The fourth-order valence-corrected chi connectivity index (χ4v) is 1.27. The maximum absolute atomic E-state index is 10.4. The van der Waals surface area contributed by atoms with E-state index >= 15 is 0 Å². The molecule has 11 heavy (non-hydrogen) atoms. The van der Waals surface area contributed by atoms with Crippen LogP contribution in [-0.2, 0) is 14.9 Å². The van der Waals surface area contributed by atoms with E-state index in [9.17, 15) is 13.2 Å². The molecule has 1 amide bonds. The Hall–Kier alpha value is -0.660. The smallest absolute Gasteiger partial charge is 0.266 e. The van der Waals surface area contributed by atoms with Gasteiger partial charge >= 0.3 is 0 Å². The summed E-state index contributed by atoms with van der Waals surface area (Å²) < 4.78 is 28.7. The number of hydrogen-bond donors (Lipinski definition) is 3. The standard InChI is InChI=1S/C4H10N2O4S/c1-6-3(4(5)7)2-11(8,9)10/h3,6H,2H2,1H3,(H2,5,7)(H,8,9,10). The van der Waals surface area contributed by atoms with Gasteiger partial charge in [-0.05, 0) is 7.05 Å². The van der Waals surface area contributed by atoms with E-state index in [1.54, 1.807) is 0 Å². The van der Waals surface area contributed by atoms with Gasteiger partial charge in [0.1, 0.15) is 6.04 Å². The average molecular weight is 182 g/mol. The number of hydrogen-bond acceptors (Lipinski definition) is 4. The van der Waals surface area contributed by atoms with E-state index in [1.807, 2.05) is 0 Å². The van der Waals surface area contributed by atoms with Gasteiger partial charge in [0.2, 0.25) is 5.91 Å². The molecule has 0 bridgehead atoms. The topological polar surface area (TPSA) is 109 Å². The predicted octanol–water partition coefficient (Wildman–Crippen LogP) is -2.05. The number of carbonyl (C=O) groups excluding carboxylic acids is 1. The predicted molar refractivity (Wildman–Crippen MR) is 38.5 cm³/mol. The monoisotopic (exact) mass is 182 g/mol. The second-order valence-electron chi connectivity index (χ2n) is 1.99. The molecule has 0 aromatic heterocycles. The molecule has 7 heteroatoms. The highest BCUT2D eigenvalue weighted by Crippen LogP contribution is 1.88. The maximum atomic E-state index is 10.4. The molecule has 0 aromatic rings. The highest BCUT2D eigenvalue weighted by Gasteiger charge is 2.19. The minimum absolute atomic E-state index is 0.696. The number of amides is 1. The summed E-state index contributed by atoms with van der Waals surface area (Å²) in [6.45, 7) is 0. The number of carbonyl (C=O) groups is 1. The van der Waals surface area contributed by atoms with E-state index in [0.717, 1.165) is 0 Å². The number of rotatable bonds is 4. The number of primary amides is 1. The molecule has 0 fully saturated rings. The normalized spacial score (nSPS) is 14.4. The van der Waals surface area contributed by atoms with Gasteiger partial charge in [0.25, 0.3) is 10.1 Å². The molecule has 0 saturated heterocycles.